The molecule has 1 saturated heterocycles. The van der Waals surface area contributed by atoms with Gasteiger partial charge < -0.3 is 10.1 Å². The number of ether oxygens (including phenoxy) is 1. The molecule has 3 rings (SSSR count). The smallest absolute Gasteiger partial charge is 0.338 e. The minimum absolute atomic E-state index is 0.0133. The molecule has 2 aromatic rings. The maximum absolute atomic E-state index is 12.2. The van der Waals surface area contributed by atoms with Gasteiger partial charge in [-0.05, 0) is 66.2 Å². The fraction of sp³-hybridized carbons (Fsp3) is 0.190. The number of hydrogen-bond acceptors (Lipinski definition) is 7. The zero-order chi connectivity index (χ0) is 21.5. The van der Waals surface area contributed by atoms with Crippen molar-refractivity contribution in [3.05, 3.63) is 74.7 Å². The van der Waals surface area contributed by atoms with Crippen LogP contribution in [0.5, 0.6) is 0 Å². The van der Waals surface area contributed by atoms with Gasteiger partial charge in [0.25, 0.3) is 11.6 Å². The molecule has 1 aliphatic heterocycles. The van der Waals surface area contributed by atoms with Crippen LogP contribution >= 0.6 is 11.8 Å². The lowest BCUT2D eigenvalue weighted by atomic mass is 10.2. The van der Waals surface area contributed by atoms with Gasteiger partial charge >= 0.3 is 5.97 Å². The Morgan fingerprint density at radius 2 is 1.90 bits per heavy atom. The summed E-state index contributed by atoms with van der Waals surface area (Å²) in [6, 6.07) is 12.5. The molecule has 1 heterocycles. The number of rotatable bonds is 7. The molecule has 8 nitrogen and oxygen atoms in total. The van der Waals surface area contributed by atoms with E-state index >= 15 is 0 Å². The number of nitro benzene ring substituents is 1. The summed E-state index contributed by atoms with van der Waals surface area (Å²) in [5, 5.41) is 13.8. The summed E-state index contributed by atoms with van der Waals surface area (Å²) in [6.45, 7) is 2.42. The Labute approximate surface area is 177 Å². The first-order chi connectivity index (χ1) is 14.5. The number of nitrogens with zero attached hydrogens (tertiary/aromatic N) is 2. The molecule has 0 saturated carbocycles. The van der Waals surface area contributed by atoms with Gasteiger partial charge in [0, 0.05) is 12.1 Å². The van der Waals surface area contributed by atoms with Crippen LogP contribution in [0.25, 0.3) is 6.08 Å². The molecule has 0 spiro atoms. The third-order valence-corrected chi connectivity index (χ3v) is 5.03. The molecule has 0 aromatic heterocycles. The van der Waals surface area contributed by atoms with Crippen molar-refractivity contribution in [3.8, 4) is 0 Å². The van der Waals surface area contributed by atoms with Crippen LogP contribution in [0.2, 0.25) is 0 Å². The number of nitrogens with one attached hydrogen (secondary N) is 1. The summed E-state index contributed by atoms with van der Waals surface area (Å²) in [5.41, 5.74) is 1.68. The zero-order valence-electron chi connectivity index (χ0n) is 16.2. The van der Waals surface area contributed by atoms with Gasteiger partial charge in [0.1, 0.15) is 0 Å². The van der Waals surface area contributed by atoms with Crippen LogP contribution in [0.1, 0.15) is 35.7 Å². The predicted octanol–water partition coefficient (Wildman–Crippen LogP) is 4.44. The highest BCUT2D eigenvalue weighted by molar-refractivity contribution is 8.18. The fourth-order valence-electron chi connectivity index (χ4n) is 2.51. The molecule has 0 unspecified atom stereocenters. The van der Waals surface area contributed by atoms with Crippen LogP contribution in [0.3, 0.4) is 0 Å². The largest absolute Gasteiger partial charge is 0.462 e. The number of amides is 1. The first-order valence-electron chi connectivity index (χ1n) is 9.27. The third kappa shape index (κ3) is 5.54. The first kappa shape index (κ1) is 21.3. The second kappa shape index (κ2) is 9.84. The van der Waals surface area contributed by atoms with Crippen LogP contribution in [0, 0.1) is 10.1 Å². The molecule has 1 fully saturated rings. The molecule has 1 amide bonds. The number of carbonyl (C=O) groups is 2. The van der Waals surface area contributed by atoms with E-state index in [4.69, 9.17) is 4.74 Å². The van der Waals surface area contributed by atoms with Crippen LogP contribution in [0.4, 0.5) is 11.4 Å². The van der Waals surface area contributed by atoms with E-state index in [9.17, 15) is 19.7 Å². The highest BCUT2D eigenvalue weighted by Crippen LogP contribution is 2.28. The maximum Gasteiger partial charge on any atom is 0.338 e. The van der Waals surface area contributed by atoms with E-state index in [1.807, 2.05) is 6.92 Å². The van der Waals surface area contributed by atoms with Crippen molar-refractivity contribution in [2.24, 2.45) is 4.99 Å². The van der Waals surface area contributed by atoms with E-state index in [1.165, 1.54) is 23.9 Å². The molecule has 2 aromatic carbocycles. The van der Waals surface area contributed by atoms with E-state index in [0.717, 1.165) is 12.8 Å². The topological polar surface area (TPSA) is 111 Å². The summed E-state index contributed by atoms with van der Waals surface area (Å²) in [7, 11) is 0. The lowest BCUT2D eigenvalue weighted by Gasteiger charge is -2.04. The molecule has 0 radical (unpaired) electrons. The van der Waals surface area contributed by atoms with Crippen molar-refractivity contribution >= 4 is 46.3 Å². The Morgan fingerprint density at radius 3 is 2.53 bits per heavy atom. The molecular weight excluding hydrogens is 406 g/mol. The van der Waals surface area contributed by atoms with Gasteiger partial charge in [0.2, 0.25) is 0 Å². The highest BCUT2D eigenvalue weighted by atomic mass is 32.2. The predicted molar refractivity (Wildman–Crippen MR) is 116 cm³/mol. The number of carbonyl (C=O) groups excluding carboxylic acids is 2. The molecule has 9 heteroatoms. The van der Waals surface area contributed by atoms with Crippen molar-refractivity contribution in [3.63, 3.8) is 0 Å². The van der Waals surface area contributed by atoms with Crippen LogP contribution in [0.15, 0.2) is 58.4 Å². The standard InChI is InChI=1S/C21H19N3O5S/c1-2-3-12-29-20(26)15-6-8-16(9-7-15)22-21-23-19(25)18(30-21)13-14-4-10-17(11-5-14)24(27)28/h4-11,13H,2-3,12H2,1H3,(H,22,23,25)/b18-13-. The fourth-order valence-corrected chi connectivity index (χ4v) is 3.35. The number of benzene rings is 2. The Balaban J connectivity index is 1.66. The lowest BCUT2D eigenvalue weighted by Crippen LogP contribution is -2.19. The second-order valence-corrected chi connectivity index (χ2v) is 7.40. The van der Waals surface area contributed by atoms with Gasteiger partial charge in [-0.3, -0.25) is 14.9 Å². The number of amidine groups is 1. The van der Waals surface area contributed by atoms with Crippen molar-refractivity contribution in [1.82, 2.24) is 5.32 Å². The monoisotopic (exact) mass is 425 g/mol. The lowest BCUT2D eigenvalue weighted by molar-refractivity contribution is -0.384. The molecule has 0 aliphatic carbocycles. The number of aliphatic imine (C=N–C) groups is 1. The van der Waals surface area contributed by atoms with Crippen molar-refractivity contribution in [1.29, 1.82) is 0 Å². The van der Waals surface area contributed by atoms with Gasteiger partial charge in [0.15, 0.2) is 5.17 Å². The molecule has 0 bridgehead atoms. The van der Waals surface area contributed by atoms with Crippen LogP contribution in [-0.2, 0) is 9.53 Å². The van der Waals surface area contributed by atoms with Gasteiger partial charge in [0.05, 0.1) is 27.7 Å². The molecule has 154 valence electrons. The number of hydrogen-bond donors (Lipinski definition) is 1. The number of thioether (sulfide) groups is 1. The number of nitro groups is 1. The second-order valence-electron chi connectivity index (χ2n) is 6.37. The Morgan fingerprint density at radius 1 is 1.20 bits per heavy atom. The van der Waals surface area contributed by atoms with Crippen LogP contribution < -0.4 is 5.32 Å². The normalized spacial score (nSPS) is 16.0. The van der Waals surface area contributed by atoms with Crippen molar-refractivity contribution in [2.45, 2.75) is 19.8 Å². The van der Waals surface area contributed by atoms with Crippen LogP contribution in [-0.4, -0.2) is 28.6 Å². The minimum atomic E-state index is -0.477. The summed E-state index contributed by atoms with van der Waals surface area (Å²) in [4.78, 5) is 39.2. The average molecular weight is 425 g/mol. The summed E-state index contributed by atoms with van der Waals surface area (Å²) in [6.07, 6.45) is 3.42. The van der Waals surface area contributed by atoms with Gasteiger partial charge in [-0.2, -0.15) is 0 Å². The first-order valence-corrected chi connectivity index (χ1v) is 10.1. The highest BCUT2D eigenvalue weighted by Gasteiger charge is 2.24. The molecule has 1 N–H and O–H groups in total. The quantitative estimate of drug-likeness (QED) is 0.231. The molecule has 0 atom stereocenters. The van der Waals surface area contributed by atoms with E-state index in [0.29, 0.717) is 33.5 Å². The zero-order valence-corrected chi connectivity index (χ0v) is 17.0. The minimum Gasteiger partial charge on any atom is -0.462 e. The van der Waals surface area contributed by atoms with E-state index in [1.54, 1.807) is 42.5 Å². The van der Waals surface area contributed by atoms with E-state index < -0.39 is 4.92 Å². The van der Waals surface area contributed by atoms with Gasteiger partial charge in [-0.1, -0.05) is 13.3 Å². The maximum atomic E-state index is 12.2. The Hall–Kier alpha value is -3.46. The SMILES string of the molecule is CCCCOC(=O)c1ccc(N=C2NC(=O)/C(=C/c3ccc([N+](=O)[O-])cc3)S2)cc1. The summed E-state index contributed by atoms with van der Waals surface area (Å²) in [5.74, 6) is -0.673. The van der Waals surface area contributed by atoms with E-state index in [2.05, 4.69) is 10.3 Å². The Bertz CT molecular complexity index is 1010. The van der Waals surface area contributed by atoms with Crippen molar-refractivity contribution < 1.29 is 19.2 Å². The van der Waals surface area contributed by atoms with Crippen molar-refractivity contribution in [2.75, 3.05) is 6.61 Å². The van der Waals surface area contributed by atoms with E-state index in [-0.39, 0.29) is 17.6 Å². The summed E-state index contributed by atoms with van der Waals surface area (Å²) >= 11 is 1.17. The average Bonchev–Trinajstić information content (AvgIpc) is 3.07. The third-order valence-electron chi connectivity index (χ3n) is 4.12. The number of non-ortho nitro benzene ring substituents is 1. The molecular formula is C21H19N3O5S. The van der Waals surface area contributed by atoms with Gasteiger partial charge in [-0.25, -0.2) is 9.79 Å². The number of esters is 1. The molecule has 30 heavy (non-hydrogen) atoms. The summed E-state index contributed by atoms with van der Waals surface area (Å²) < 4.78 is 5.17. The Kier molecular flexibility index (Phi) is 6.97. The number of unbranched alkanes of at least 4 members (excludes halogenated alkanes) is 1. The van der Waals surface area contributed by atoms with Gasteiger partial charge in [-0.15, -0.1) is 0 Å². The molecule has 1 aliphatic rings.